The zero-order chi connectivity index (χ0) is 29.0. The van der Waals surface area contributed by atoms with Crippen molar-refractivity contribution in [3.63, 3.8) is 0 Å². The van der Waals surface area contributed by atoms with Gasteiger partial charge in [0.05, 0.1) is 0 Å². The SMILES string of the molecule is c1ccc(-c2ccc3ccc4c5ccccc5c5ccc(-c6cccc(-c7cccc8ccccc78)c6)cc5c4c3c2)cc1. The summed E-state index contributed by atoms with van der Waals surface area (Å²) in [6.07, 6.45) is 0. The van der Waals surface area contributed by atoms with Crippen LogP contribution < -0.4 is 0 Å². The second-order valence-electron chi connectivity index (χ2n) is 11.7. The summed E-state index contributed by atoms with van der Waals surface area (Å²) >= 11 is 0. The van der Waals surface area contributed by atoms with Gasteiger partial charge in [-0.25, -0.2) is 0 Å². The number of fused-ring (bicyclic) bond motifs is 9. The summed E-state index contributed by atoms with van der Waals surface area (Å²) in [6, 6.07) is 62.3. The van der Waals surface area contributed by atoms with Crippen molar-refractivity contribution in [2.24, 2.45) is 0 Å². The smallest absolute Gasteiger partial charge is 0.00199 e. The highest BCUT2D eigenvalue weighted by Gasteiger charge is 2.14. The van der Waals surface area contributed by atoms with Crippen molar-refractivity contribution in [3.05, 3.63) is 170 Å². The van der Waals surface area contributed by atoms with Crippen LogP contribution in [0, 0.1) is 0 Å². The predicted molar refractivity (Wildman–Crippen MR) is 190 cm³/mol. The second kappa shape index (κ2) is 9.93. The van der Waals surface area contributed by atoms with E-state index in [-0.39, 0.29) is 0 Å². The minimum absolute atomic E-state index is 1.23. The molecular weight excluding hydrogens is 528 g/mol. The van der Waals surface area contributed by atoms with Gasteiger partial charge in [-0.3, -0.25) is 0 Å². The first-order valence-electron chi connectivity index (χ1n) is 15.3. The molecule has 0 atom stereocenters. The van der Waals surface area contributed by atoms with Crippen LogP contribution in [0.2, 0.25) is 0 Å². The molecule has 0 nitrogen and oxygen atoms in total. The van der Waals surface area contributed by atoms with Crippen LogP contribution in [0.15, 0.2) is 170 Å². The van der Waals surface area contributed by atoms with E-state index in [2.05, 4.69) is 170 Å². The van der Waals surface area contributed by atoms with E-state index in [0.29, 0.717) is 0 Å². The number of hydrogen-bond donors (Lipinski definition) is 0. The van der Waals surface area contributed by atoms with Crippen LogP contribution in [0.5, 0.6) is 0 Å². The first-order chi connectivity index (χ1) is 21.8. The van der Waals surface area contributed by atoms with Crippen LogP contribution >= 0.6 is 0 Å². The summed E-state index contributed by atoms with van der Waals surface area (Å²) in [5.41, 5.74) is 7.44. The van der Waals surface area contributed by atoms with E-state index in [1.165, 1.54) is 87.2 Å². The Balaban J connectivity index is 1.32. The molecule has 0 bridgehead atoms. The summed E-state index contributed by atoms with van der Waals surface area (Å²) in [5, 5.41) is 12.9. The van der Waals surface area contributed by atoms with Crippen molar-refractivity contribution < 1.29 is 0 Å². The topological polar surface area (TPSA) is 0 Å². The maximum Gasteiger partial charge on any atom is -0.00199 e. The zero-order valence-corrected chi connectivity index (χ0v) is 24.2. The van der Waals surface area contributed by atoms with Gasteiger partial charge < -0.3 is 0 Å². The quantitative estimate of drug-likeness (QED) is 0.190. The first kappa shape index (κ1) is 24.8. The lowest BCUT2D eigenvalue weighted by atomic mass is 9.88. The van der Waals surface area contributed by atoms with Crippen LogP contribution in [0.3, 0.4) is 0 Å². The highest BCUT2D eigenvalue weighted by molar-refractivity contribution is 6.32. The Labute approximate surface area is 256 Å². The van der Waals surface area contributed by atoms with Crippen LogP contribution in [0.1, 0.15) is 0 Å². The van der Waals surface area contributed by atoms with Gasteiger partial charge in [0.25, 0.3) is 0 Å². The second-order valence-corrected chi connectivity index (χ2v) is 11.7. The highest BCUT2D eigenvalue weighted by atomic mass is 14.2. The average molecular weight is 557 g/mol. The van der Waals surface area contributed by atoms with E-state index in [1.807, 2.05) is 0 Å². The summed E-state index contributed by atoms with van der Waals surface area (Å²) < 4.78 is 0. The molecule has 0 aliphatic carbocycles. The monoisotopic (exact) mass is 556 g/mol. The molecule has 0 heterocycles. The fourth-order valence-corrected chi connectivity index (χ4v) is 7.11. The maximum atomic E-state index is 2.42. The van der Waals surface area contributed by atoms with E-state index in [1.54, 1.807) is 0 Å². The molecule has 9 aromatic carbocycles. The number of hydrogen-bond acceptors (Lipinski definition) is 0. The average Bonchev–Trinajstić information content (AvgIpc) is 3.11. The van der Waals surface area contributed by atoms with Crippen molar-refractivity contribution in [2.45, 2.75) is 0 Å². The lowest BCUT2D eigenvalue weighted by Crippen LogP contribution is -1.88. The molecule has 9 aromatic rings. The normalized spacial score (nSPS) is 11.6. The molecule has 0 aromatic heterocycles. The fourth-order valence-electron chi connectivity index (χ4n) is 7.11. The van der Waals surface area contributed by atoms with Gasteiger partial charge in [0.1, 0.15) is 0 Å². The molecule has 0 spiro atoms. The van der Waals surface area contributed by atoms with Crippen molar-refractivity contribution >= 4 is 53.9 Å². The number of rotatable bonds is 3. The molecular formula is C44H28. The van der Waals surface area contributed by atoms with Gasteiger partial charge in [0.2, 0.25) is 0 Å². The van der Waals surface area contributed by atoms with Crippen molar-refractivity contribution in [1.29, 1.82) is 0 Å². The van der Waals surface area contributed by atoms with E-state index in [9.17, 15) is 0 Å². The molecule has 0 fully saturated rings. The molecule has 0 unspecified atom stereocenters. The predicted octanol–water partition coefficient (Wildman–Crippen LogP) is 12.5. The molecule has 0 amide bonds. The molecule has 9 rings (SSSR count). The summed E-state index contributed by atoms with van der Waals surface area (Å²) in [7, 11) is 0. The fraction of sp³-hybridized carbons (Fsp3) is 0. The van der Waals surface area contributed by atoms with Gasteiger partial charge in [0, 0.05) is 0 Å². The standard InChI is InChI=1S/C44H28/c1-2-10-29(11-3-1)33-21-20-31-22-25-41-39-18-7-6-17-38(39)40-24-23-34(28-43(40)44(41)42(31)27-33)32-14-8-15-35(26-32)37-19-9-13-30-12-4-5-16-36(30)37/h1-28H. The Kier molecular flexibility index (Phi) is 5.61. The van der Waals surface area contributed by atoms with Gasteiger partial charge >= 0.3 is 0 Å². The Morgan fingerprint density at radius 2 is 0.750 bits per heavy atom. The zero-order valence-electron chi connectivity index (χ0n) is 24.2. The summed E-state index contributed by atoms with van der Waals surface area (Å²) in [6.45, 7) is 0. The lowest BCUT2D eigenvalue weighted by Gasteiger charge is -2.15. The van der Waals surface area contributed by atoms with Crippen molar-refractivity contribution in [2.75, 3.05) is 0 Å². The van der Waals surface area contributed by atoms with Crippen LogP contribution in [0.25, 0.3) is 87.2 Å². The van der Waals surface area contributed by atoms with Crippen LogP contribution in [0.4, 0.5) is 0 Å². The van der Waals surface area contributed by atoms with Crippen LogP contribution in [-0.4, -0.2) is 0 Å². The molecule has 44 heavy (non-hydrogen) atoms. The molecule has 0 N–H and O–H groups in total. The number of benzene rings is 9. The Bertz CT molecular complexity index is 2530. The van der Waals surface area contributed by atoms with Gasteiger partial charge in [-0.1, -0.05) is 152 Å². The lowest BCUT2D eigenvalue weighted by molar-refractivity contribution is 1.62. The molecule has 0 radical (unpaired) electrons. The van der Waals surface area contributed by atoms with Gasteiger partial charge in [0.15, 0.2) is 0 Å². The third-order valence-electron chi connectivity index (χ3n) is 9.22. The van der Waals surface area contributed by atoms with Gasteiger partial charge in [-0.15, -0.1) is 0 Å². The molecule has 0 aliphatic heterocycles. The maximum absolute atomic E-state index is 2.42. The highest BCUT2D eigenvalue weighted by Crippen LogP contribution is 2.42. The summed E-state index contributed by atoms with van der Waals surface area (Å²) in [5.74, 6) is 0. The minimum Gasteiger partial charge on any atom is -0.0622 e. The van der Waals surface area contributed by atoms with E-state index in [0.717, 1.165) is 0 Å². The van der Waals surface area contributed by atoms with E-state index in [4.69, 9.17) is 0 Å². The molecule has 0 aliphatic rings. The Morgan fingerprint density at radius 1 is 0.227 bits per heavy atom. The Hall–Kier alpha value is -5.72. The molecule has 0 heteroatoms. The largest absolute Gasteiger partial charge is 0.0622 e. The van der Waals surface area contributed by atoms with Crippen molar-refractivity contribution in [1.82, 2.24) is 0 Å². The first-order valence-corrected chi connectivity index (χ1v) is 15.3. The summed E-state index contributed by atoms with van der Waals surface area (Å²) in [4.78, 5) is 0. The van der Waals surface area contributed by atoms with Gasteiger partial charge in [-0.2, -0.15) is 0 Å². The van der Waals surface area contributed by atoms with Crippen molar-refractivity contribution in [3.8, 4) is 33.4 Å². The molecule has 0 saturated heterocycles. The molecule has 0 saturated carbocycles. The minimum atomic E-state index is 1.23. The van der Waals surface area contributed by atoms with Gasteiger partial charge in [-0.05, 0) is 105 Å². The Morgan fingerprint density at radius 3 is 1.64 bits per heavy atom. The third kappa shape index (κ3) is 3.92. The van der Waals surface area contributed by atoms with Crippen LogP contribution in [-0.2, 0) is 0 Å². The van der Waals surface area contributed by atoms with E-state index < -0.39 is 0 Å². The third-order valence-corrected chi connectivity index (χ3v) is 9.22. The van der Waals surface area contributed by atoms with E-state index >= 15 is 0 Å². The molecule has 204 valence electrons.